The Morgan fingerprint density at radius 2 is 2.00 bits per heavy atom. The molecule has 1 saturated carbocycles. The van der Waals surface area contributed by atoms with Crippen molar-refractivity contribution >= 4 is 35.8 Å². The summed E-state index contributed by atoms with van der Waals surface area (Å²) in [5.41, 5.74) is 0.430. The standard InChI is InChI=1S/C18H30N4O2.HI/c1-14(2)12-18(7-5-8-18)13-22-17(19-3)21-10-9-20-16(23)15-6-4-11-24-15;/h4,6,11,14H,5,7-10,12-13H2,1-3H3,(H,20,23)(H2,19,21,22);1H. The Kier molecular flexibility index (Phi) is 9.31. The monoisotopic (exact) mass is 462 g/mol. The summed E-state index contributed by atoms with van der Waals surface area (Å²) >= 11 is 0. The fourth-order valence-electron chi connectivity index (χ4n) is 3.34. The molecule has 1 amide bonds. The van der Waals surface area contributed by atoms with Gasteiger partial charge in [-0.3, -0.25) is 9.79 Å². The van der Waals surface area contributed by atoms with E-state index in [-0.39, 0.29) is 29.9 Å². The normalized spacial score (nSPS) is 15.9. The van der Waals surface area contributed by atoms with Gasteiger partial charge < -0.3 is 20.4 Å². The molecule has 0 bridgehead atoms. The minimum Gasteiger partial charge on any atom is -0.459 e. The molecule has 1 fully saturated rings. The van der Waals surface area contributed by atoms with Crippen molar-refractivity contribution in [1.82, 2.24) is 16.0 Å². The molecule has 7 heteroatoms. The van der Waals surface area contributed by atoms with Crippen molar-refractivity contribution in [3.05, 3.63) is 24.2 Å². The van der Waals surface area contributed by atoms with E-state index in [2.05, 4.69) is 34.8 Å². The minimum atomic E-state index is -0.199. The number of carbonyl (C=O) groups excluding carboxylic acids is 1. The molecule has 1 aromatic rings. The average molecular weight is 462 g/mol. The molecule has 0 spiro atoms. The van der Waals surface area contributed by atoms with Crippen molar-refractivity contribution in [3.8, 4) is 0 Å². The first-order valence-electron chi connectivity index (χ1n) is 8.81. The van der Waals surface area contributed by atoms with Crippen LogP contribution in [0.5, 0.6) is 0 Å². The zero-order valence-corrected chi connectivity index (χ0v) is 17.8. The molecule has 0 atom stereocenters. The lowest BCUT2D eigenvalue weighted by Gasteiger charge is -2.43. The summed E-state index contributed by atoms with van der Waals surface area (Å²) in [6.45, 7) is 6.66. The first kappa shape index (κ1) is 21.8. The lowest BCUT2D eigenvalue weighted by atomic mass is 9.64. The molecule has 1 heterocycles. The molecule has 0 unspecified atom stereocenters. The molecule has 2 rings (SSSR count). The Labute approximate surface area is 167 Å². The second-order valence-electron chi connectivity index (χ2n) is 7.04. The fourth-order valence-corrected chi connectivity index (χ4v) is 3.34. The van der Waals surface area contributed by atoms with Crippen LogP contribution in [0.15, 0.2) is 27.8 Å². The van der Waals surface area contributed by atoms with Crippen molar-refractivity contribution in [1.29, 1.82) is 0 Å². The largest absolute Gasteiger partial charge is 0.459 e. The topological polar surface area (TPSA) is 78.7 Å². The molecule has 1 aliphatic rings. The van der Waals surface area contributed by atoms with Crippen molar-refractivity contribution in [2.75, 3.05) is 26.7 Å². The van der Waals surface area contributed by atoms with Gasteiger partial charge in [0.05, 0.1) is 6.26 Å². The van der Waals surface area contributed by atoms with Crippen molar-refractivity contribution in [2.45, 2.75) is 39.5 Å². The molecule has 0 aromatic carbocycles. The Bertz CT molecular complexity index is 539. The van der Waals surface area contributed by atoms with Gasteiger partial charge in [-0.25, -0.2) is 0 Å². The first-order valence-corrected chi connectivity index (χ1v) is 8.81. The first-order chi connectivity index (χ1) is 11.5. The van der Waals surface area contributed by atoms with Gasteiger partial charge in [0, 0.05) is 26.7 Å². The molecule has 1 aliphatic carbocycles. The molecule has 6 nitrogen and oxygen atoms in total. The van der Waals surface area contributed by atoms with E-state index in [1.54, 1.807) is 19.2 Å². The molecule has 0 saturated heterocycles. The average Bonchev–Trinajstić information content (AvgIpc) is 3.05. The van der Waals surface area contributed by atoms with E-state index in [9.17, 15) is 4.79 Å². The minimum absolute atomic E-state index is 0. The van der Waals surface area contributed by atoms with Crippen LogP contribution in [-0.2, 0) is 0 Å². The van der Waals surface area contributed by atoms with Crippen LogP contribution < -0.4 is 16.0 Å². The second kappa shape index (κ2) is 10.7. The van der Waals surface area contributed by atoms with Crippen molar-refractivity contribution in [2.24, 2.45) is 16.3 Å². The number of hydrogen-bond donors (Lipinski definition) is 3. The number of carbonyl (C=O) groups is 1. The summed E-state index contributed by atoms with van der Waals surface area (Å²) in [6, 6.07) is 3.35. The van der Waals surface area contributed by atoms with E-state index in [0.717, 1.165) is 18.4 Å². The van der Waals surface area contributed by atoms with E-state index >= 15 is 0 Å². The number of halogens is 1. The molecule has 3 N–H and O–H groups in total. The third-order valence-electron chi connectivity index (χ3n) is 4.56. The highest BCUT2D eigenvalue weighted by Crippen LogP contribution is 2.45. The number of rotatable bonds is 8. The number of guanidine groups is 1. The van der Waals surface area contributed by atoms with Gasteiger partial charge in [-0.05, 0) is 42.7 Å². The number of aliphatic imine (C=N–C) groups is 1. The molecular weight excluding hydrogens is 431 g/mol. The van der Waals surface area contributed by atoms with E-state index in [0.29, 0.717) is 24.3 Å². The number of furan rings is 1. The molecule has 142 valence electrons. The maximum Gasteiger partial charge on any atom is 0.287 e. The SMILES string of the molecule is CN=C(NCCNC(=O)c1ccco1)NCC1(CC(C)C)CCC1.I. The van der Waals surface area contributed by atoms with Crippen LogP contribution >= 0.6 is 24.0 Å². The predicted molar refractivity (Wildman–Crippen MR) is 112 cm³/mol. The number of nitrogens with one attached hydrogen (secondary N) is 3. The van der Waals surface area contributed by atoms with E-state index in [4.69, 9.17) is 4.42 Å². The molecular formula is C18H31IN4O2. The summed E-state index contributed by atoms with van der Waals surface area (Å²) in [7, 11) is 1.77. The molecule has 0 radical (unpaired) electrons. The summed E-state index contributed by atoms with van der Waals surface area (Å²) in [6.07, 6.45) is 6.69. The Hall–Kier alpha value is -1.25. The van der Waals surface area contributed by atoms with Crippen LogP contribution in [0.1, 0.15) is 50.1 Å². The van der Waals surface area contributed by atoms with Crippen LogP contribution in [0.3, 0.4) is 0 Å². The third kappa shape index (κ3) is 6.87. The van der Waals surface area contributed by atoms with Gasteiger partial charge in [0.2, 0.25) is 0 Å². The quantitative estimate of drug-likeness (QED) is 0.240. The smallest absolute Gasteiger partial charge is 0.287 e. The van der Waals surface area contributed by atoms with Gasteiger partial charge in [-0.1, -0.05) is 20.3 Å². The lowest BCUT2D eigenvalue weighted by molar-refractivity contribution is 0.0926. The highest BCUT2D eigenvalue weighted by molar-refractivity contribution is 14.0. The maximum atomic E-state index is 11.7. The Morgan fingerprint density at radius 1 is 1.28 bits per heavy atom. The zero-order chi connectivity index (χ0) is 17.4. The molecule has 1 aromatic heterocycles. The fraction of sp³-hybridized carbons (Fsp3) is 0.667. The number of amides is 1. The lowest BCUT2D eigenvalue weighted by Crippen LogP contribution is -2.48. The highest BCUT2D eigenvalue weighted by atomic mass is 127. The van der Waals surface area contributed by atoms with Crippen LogP contribution in [0.2, 0.25) is 0 Å². The Balaban J connectivity index is 0.00000312. The van der Waals surface area contributed by atoms with Gasteiger partial charge in [-0.15, -0.1) is 24.0 Å². The molecule has 25 heavy (non-hydrogen) atoms. The number of hydrogen-bond acceptors (Lipinski definition) is 3. The Morgan fingerprint density at radius 3 is 2.52 bits per heavy atom. The van der Waals surface area contributed by atoms with Crippen LogP contribution in [0.25, 0.3) is 0 Å². The molecule has 0 aliphatic heterocycles. The van der Waals surface area contributed by atoms with Crippen LogP contribution in [0.4, 0.5) is 0 Å². The van der Waals surface area contributed by atoms with Gasteiger partial charge in [0.15, 0.2) is 11.7 Å². The van der Waals surface area contributed by atoms with E-state index in [1.165, 1.54) is 31.9 Å². The predicted octanol–water partition coefficient (Wildman–Crippen LogP) is 3.01. The van der Waals surface area contributed by atoms with Crippen LogP contribution in [0, 0.1) is 11.3 Å². The van der Waals surface area contributed by atoms with Gasteiger partial charge >= 0.3 is 0 Å². The van der Waals surface area contributed by atoms with Gasteiger partial charge in [-0.2, -0.15) is 0 Å². The van der Waals surface area contributed by atoms with Gasteiger partial charge in [0.25, 0.3) is 5.91 Å². The number of nitrogens with zero attached hydrogens (tertiary/aromatic N) is 1. The second-order valence-corrected chi connectivity index (χ2v) is 7.04. The summed E-state index contributed by atoms with van der Waals surface area (Å²) in [5.74, 6) is 1.64. The van der Waals surface area contributed by atoms with Gasteiger partial charge in [0.1, 0.15) is 0 Å². The van der Waals surface area contributed by atoms with E-state index < -0.39 is 0 Å². The maximum absolute atomic E-state index is 11.7. The summed E-state index contributed by atoms with van der Waals surface area (Å²) < 4.78 is 5.05. The summed E-state index contributed by atoms with van der Waals surface area (Å²) in [4.78, 5) is 16.0. The van der Waals surface area contributed by atoms with Crippen LogP contribution in [-0.4, -0.2) is 38.5 Å². The highest BCUT2D eigenvalue weighted by Gasteiger charge is 2.37. The summed E-state index contributed by atoms with van der Waals surface area (Å²) in [5, 5.41) is 9.49. The third-order valence-corrected chi connectivity index (χ3v) is 4.56. The van der Waals surface area contributed by atoms with E-state index in [1.807, 2.05) is 0 Å². The van der Waals surface area contributed by atoms with Crippen molar-refractivity contribution < 1.29 is 9.21 Å². The van der Waals surface area contributed by atoms with Crippen molar-refractivity contribution in [3.63, 3.8) is 0 Å². The zero-order valence-electron chi connectivity index (χ0n) is 15.4.